The normalized spacial score (nSPS) is 12.3. The Balaban J connectivity index is 3.08. The van der Waals surface area contributed by atoms with Gasteiger partial charge in [-0.2, -0.15) is 0 Å². The van der Waals surface area contributed by atoms with Gasteiger partial charge in [-0.25, -0.2) is 9.18 Å². The smallest absolute Gasteiger partial charge is 0.339 e. The molecule has 5 heteroatoms. The van der Waals surface area contributed by atoms with Crippen LogP contribution in [-0.4, -0.2) is 23.9 Å². The van der Waals surface area contributed by atoms with E-state index in [-0.39, 0.29) is 12.2 Å². The number of rotatable bonds is 4. The SMILES string of the molecule is CCOC(=O)C(O)c1cc(SC)c(C)cc1F. The third-order valence-corrected chi connectivity index (χ3v) is 3.20. The van der Waals surface area contributed by atoms with Crippen LogP contribution in [0.2, 0.25) is 0 Å². The van der Waals surface area contributed by atoms with E-state index in [2.05, 4.69) is 4.74 Å². The van der Waals surface area contributed by atoms with Gasteiger partial charge in [-0.1, -0.05) is 0 Å². The molecular weight excluding hydrogens is 243 g/mol. The van der Waals surface area contributed by atoms with Gasteiger partial charge in [0, 0.05) is 10.5 Å². The molecule has 0 saturated carbocycles. The summed E-state index contributed by atoms with van der Waals surface area (Å²) >= 11 is 1.43. The van der Waals surface area contributed by atoms with Gasteiger partial charge in [-0.3, -0.25) is 0 Å². The number of aliphatic hydroxyl groups is 1. The molecule has 17 heavy (non-hydrogen) atoms. The molecule has 1 aromatic rings. The van der Waals surface area contributed by atoms with Gasteiger partial charge >= 0.3 is 5.97 Å². The van der Waals surface area contributed by atoms with Crippen LogP contribution in [0.5, 0.6) is 0 Å². The standard InChI is InChI=1S/C12H15FO3S/c1-4-16-12(15)11(14)8-6-10(17-3)7(2)5-9(8)13/h5-6,11,14H,4H2,1-3H3. The number of hydrogen-bond acceptors (Lipinski definition) is 4. The molecule has 1 rings (SSSR count). The summed E-state index contributed by atoms with van der Waals surface area (Å²) in [5, 5.41) is 9.69. The Bertz CT molecular complexity index is 420. The largest absolute Gasteiger partial charge is 0.464 e. The lowest BCUT2D eigenvalue weighted by atomic mass is 10.1. The van der Waals surface area contributed by atoms with Gasteiger partial charge in [-0.15, -0.1) is 11.8 Å². The van der Waals surface area contributed by atoms with Gasteiger partial charge in [0.15, 0.2) is 6.10 Å². The van der Waals surface area contributed by atoms with E-state index in [0.29, 0.717) is 0 Å². The maximum atomic E-state index is 13.6. The summed E-state index contributed by atoms with van der Waals surface area (Å²) in [6.45, 7) is 3.55. The minimum atomic E-state index is -1.57. The van der Waals surface area contributed by atoms with Crippen LogP contribution < -0.4 is 0 Å². The Labute approximate surface area is 104 Å². The van der Waals surface area contributed by atoms with Crippen LogP contribution in [0.1, 0.15) is 24.2 Å². The second kappa shape index (κ2) is 6.02. The van der Waals surface area contributed by atoms with Crippen LogP contribution in [0.4, 0.5) is 4.39 Å². The third-order valence-electron chi connectivity index (χ3n) is 2.32. The first kappa shape index (κ1) is 14.0. The molecule has 0 spiro atoms. The van der Waals surface area contributed by atoms with E-state index in [1.54, 1.807) is 13.8 Å². The van der Waals surface area contributed by atoms with E-state index in [0.717, 1.165) is 10.5 Å². The number of carbonyl (C=O) groups is 1. The first-order valence-corrected chi connectivity index (χ1v) is 6.42. The number of carbonyl (C=O) groups excluding carboxylic acids is 1. The van der Waals surface area contributed by atoms with E-state index in [1.165, 1.54) is 23.9 Å². The molecule has 0 bridgehead atoms. The van der Waals surface area contributed by atoms with E-state index >= 15 is 0 Å². The number of aryl methyl sites for hydroxylation is 1. The molecule has 1 N–H and O–H groups in total. The highest BCUT2D eigenvalue weighted by Crippen LogP contribution is 2.27. The van der Waals surface area contributed by atoms with E-state index in [9.17, 15) is 14.3 Å². The van der Waals surface area contributed by atoms with Gasteiger partial charge in [0.05, 0.1) is 6.61 Å². The molecule has 1 unspecified atom stereocenters. The molecule has 94 valence electrons. The predicted molar refractivity (Wildman–Crippen MR) is 64.5 cm³/mol. The number of hydrogen-bond donors (Lipinski definition) is 1. The fourth-order valence-electron chi connectivity index (χ4n) is 1.45. The summed E-state index contributed by atoms with van der Waals surface area (Å²) < 4.78 is 18.3. The maximum Gasteiger partial charge on any atom is 0.339 e. The van der Waals surface area contributed by atoms with Crippen LogP contribution in [0.25, 0.3) is 0 Å². The summed E-state index contributed by atoms with van der Waals surface area (Å²) in [4.78, 5) is 12.2. The van der Waals surface area contributed by atoms with Crippen molar-refractivity contribution < 1.29 is 19.0 Å². The Morgan fingerprint density at radius 1 is 1.59 bits per heavy atom. The topological polar surface area (TPSA) is 46.5 Å². The van der Waals surface area contributed by atoms with Gasteiger partial charge < -0.3 is 9.84 Å². The zero-order chi connectivity index (χ0) is 13.0. The third kappa shape index (κ3) is 3.20. The fourth-order valence-corrected chi connectivity index (χ4v) is 2.07. The number of esters is 1. The Hall–Kier alpha value is -1.07. The highest BCUT2D eigenvalue weighted by Gasteiger charge is 2.23. The fraction of sp³-hybridized carbons (Fsp3) is 0.417. The van der Waals surface area contributed by atoms with Crippen LogP contribution in [0, 0.1) is 12.7 Å². The lowest BCUT2D eigenvalue weighted by molar-refractivity contribution is -0.153. The Kier molecular flexibility index (Phi) is 4.96. The lowest BCUT2D eigenvalue weighted by Gasteiger charge is -2.13. The van der Waals surface area contributed by atoms with Crippen molar-refractivity contribution in [2.75, 3.05) is 12.9 Å². The molecule has 0 radical (unpaired) electrons. The molecule has 0 aromatic heterocycles. The van der Waals surface area contributed by atoms with Gasteiger partial charge in [-0.05, 0) is 37.8 Å². The number of halogens is 1. The van der Waals surface area contributed by atoms with Crippen molar-refractivity contribution in [3.8, 4) is 0 Å². The highest BCUT2D eigenvalue weighted by atomic mass is 32.2. The predicted octanol–water partition coefficient (Wildman–Crippen LogP) is 2.45. The van der Waals surface area contributed by atoms with Crippen LogP contribution in [0.3, 0.4) is 0 Å². The number of aliphatic hydroxyl groups excluding tert-OH is 1. The number of benzene rings is 1. The molecule has 1 atom stereocenters. The van der Waals surface area contributed by atoms with E-state index in [4.69, 9.17) is 0 Å². The zero-order valence-corrected chi connectivity index (χ0v) is 10.8. The quantitative estimate of drug-likeness (QED) is 0.665. The summed E-state index contributed by atoms with van der Waals surface area (Å²) in [5.41, 5.74) is 0.730. The monoisotopic (exact) mass is 258 g/mol. The number of thioether (sulfide) groups is 1. The maximum absolute atomic E-state index is 13.6. The molecule has 0 fully saturated rings. The van der Waals surface area contributed by atoms with Crippen molar-refractivity contribution in [1.82, 2.24) is 0 Å². The van der Waals surface area contributed by atoms with Gasteiger partial charge in [0.2, 0.25) is 0 Å². The zero-order valence-electron chi connectivity index (χ0n) is 9.99. The average molecular weight is 258 g/mol. The second-order valence-corrected chi connectivity index (χ2v) is 4.35. The van der Waals surface area contributed by atoms with Crippen molar-refractivity contribution >= 4 is 17.7 Å². The summed E-state index contributed by atoms with van der Waals surface area (Å²) in [7, 11) is 0. The summed E-state index contributed by atoms with van der Waals surface area (Å²) in [6.07, 6.45) is 0.280. The first-order valence-electron chi connectivity index (χ1n) is 5.20. The van der Waals surface area contributed by atoms with Crippen molar-refractivity contribution in [3.05, 3.63) is 29.1 Å². The van der Waals surface area contributed by atoms with E-state index < -0.39 is 17.9 Å². The molecule has 0 aliphatic carbocycles. The van der Waals surface area contributed by atoms with Crippen LogP contribution in [0.15, 0.2) is 17.0 Å². The average Bonchev–Trinajstić information content (AvgIpc) is 2.29. The summed E-state index contributed by atoms with van der Waals surface area (Å²) in [6, 6.07) is 2.79. The van der Waals surface area contributed by atoms with Crippen molar-refractivity contribution in [2.45, 2.75) is 24.8 Å². The van der Waals surface area contributed by atoms with Crippen molar-refractivity contribution in [1.29, 1.82) is 0 Å². The molecule has 0 aliphatic rings. The molecule has 0 amide bonds. The van der Waals surface area contributed by atoms with E-state index in [1.807, 2.05) is 6.26 Å². The van der Waals surface area contributed by atoms with Crippen molar-refractivity contribution in [3.63, 3.8) is 0 Å². The van der Waals surface area contributed by atoms with Crippen LogP contribution >= 0.6 is 11.8 Å². The lowest BCUT2D eigenvalue weighted by Crippen LogP contribution is -2.16. The molecule has 0 saturated heterocycles. The van der Waals surface area contributed by atoms with Crippen LogP contribution in [-0.2, 0) is 9.53 Å². The highest BCUT2D eigenvalue weighted by molar-refractivity contribution is 7.98. The minimum Gasteiger partial charge on any atom is -0.464 e. The second-order valence-electron chi connectivity index (χ2n) is 3.50. The molecule has 0 heterocycles. The first-order chi connectivity index (χ1) is 8.01. The molecule has 0 aliphatic heterocycles. The van der Waals surface area contributed by atoms with Gasteiger partial charge in [0.25, 0.3) is 0 Å². The Morgan fingerprint density at radius 2 is 2.24 bits per heavy atom. The molecule has 1 aromatic carbocycles. The minimum absolute atomic E-state index is 0.0431. The van der Waals surface area contributed by atoms with Crippen molar-refractivity contribution in [2.24, 2.45) is 0 Å². The Morgan fingerprint density at radius 3 is 2.76 bits per heavy atom. The summed E-state index contributed by atoms with van der Waals surface area (Å²) in [5.74, 6) is -1.43. The number of ether oxygens (including phenoxy) is 1. The van der Waals surface area contributed by atoms with Gasteiger partial charge in [0.1, 0.15) is 5.82 Å². The molecule has 3 nitrogen and oxygen atoms in total. The molecular formula is C12H15FO3S.